The molecule has 0 aliphatic heterocycles. The highest BCUT2D eigenvalue weighted by Crippen LogP contribution is 2.01. The van der Waals surface area contributed by atoms with Crippen LogP contribution in [-0.2, 0) is 54.0 Å². The van der Waals surface area contributed by atoms with Crippen molar-refractivity contribution in [2.45, 2.75) is 6.61 Å². The summed E-state index contributed by atoms with van der Waals surface area (Å²) in [5.74, 6) is -0.360. The van der Waals surface area contributed by atoms with Crippen molar-refractivity contribution in [3.63, 3.8) is 0 Å². The highest BCUT2D eigenvalue weighted by Gasteiger charge is 2.05. The predicted octanol–water partition coefficient (Wildman–Crippen LogP) is 2.90. The monoisotopic (exact) mass is 651 g/mol. The van der Waals surface area contributed by atoms with E-state index in [4.69, 9.17) is 47.4 Å². The van der Waals surface area contributed by atoms with Gasteiger partial charge in [0.05, 0.1) is 111 Å². The molecule has 0 radical (unpaired) electrons. The molecule has 2 aromatic rings. The third-order valence-corrected chi connectivity index (χ3v) is 5.80. The minimum Gasteiger partial charge on any atom is -0.460 e. The van der Waals surface area contributed by atoms with Crippen LogP contribution in [-0.4, -0.2) is 131 Å². The van der Waals surface area contributed by atoms with Gasteiger partial charge >= 0.3 is 12.1 Å². The molecule has 0 saturated heterocycles. The van der Waals surface area contributed by atoms with Crippen LogP contribution in [0.3, 0.4) is 0 Å². The van der Waals surface area contributed by atoms with Crippen molar-refractivity contribution in [2.75, 3.05) is 119 Å². The first-order valence-electron chi connectivity index (χ1n) is 15.5. The second-order valence-electron chi connectivity index (χ2n) is 9.39. The molecule has 0 unspecified atom stereocenters. The number of alkyl carbamates (subject to hydrolysis) is 1. The number of benzene rings is 2. The molecule has 0 heterocycles. The molecule has 0 fully saturated rings. The van der Waals surface area contributed by atoms with Gasteiger partial charge in [0.25, 0.3) is 0 Å². The second kappa shape index (κ2) is 29.3. The summed E-state index contributed by atoms with van der Waals surface area (Å²) in [6.45, 7) is 7.92. The Hall–Kier alpha value is -3.14. The molecule has 1 N–H and O–H groups in total. The fourth-order valence-corrected chi connectivity index (χ4v) is 3.49. The van der Waals surface area contributed by atoms with Crippen molar-refractivity contribution in [1.82, 2.24) is 5.32 Å². The third kappa shape index (κ3) is 23.2. The third-order valence-electron chi connectivity index (χ3n) is 5.80. The lowest BCUT2D eigenvalue weighted by atomic mass is 10.2. The summed E-state index contributed by atoms with van der Waals surface area (Å²) in [7, 11) is 0. The van der Waals surface area contributed by atoms with Gasteiger partial charge in [0.2, 0.25) is 0 Å². The van der Waals surface area contributed by atoms with E-state index in [-0.39, 0.29) is 19.2 Å². The Morgan fingerprint density at radius 2 is 0.804 bits per heavy atom. The van der Waals surface area contributed by atoms with E-state index < -0.39 is 6.09 Å². The number of ether oxygens (including phenoxy) is 10. The molecular formula is C33H49NO12. The first-order chi connectivity index (χ1) is 22.8. The molecule has 0 saturated carbocycles. The van der Waals surface area contributed by atoms with E-state index in [0.29, 0.717) is 118 Å². The lowest BCUT2D eigenvalue weighted by Crippen LogP contribution is -2.28. The van der Waals surface area contributed by atoms with Crippen LogP contribution in [0, 0.1) is 0 Å². The lowest BCUT2D eigenvalue weighted by molar-refractivity contribution is -0.0243. The summed E-state index contributed by atoms with van der Waals surface area (Å²) in [5, 5.41) is 2.64. The molecule has 46 heavy (non-hydrogen) atoms. The highest BCUT2D eigenvalue weighted by atomic mass is 16.6. The Morgan fingerprint density at radius 3 is 1.24 bits per heavy atom. The lowest BCUT2D eigenvalue weighted by Gasteiger charge is -2.09. The number of carbonyl (C=O) groups excluding carboxylic acids is 2. The van der Waals surface area contributed by atoms with Gasteiger partial charge in [0.1, 0.15) is 13.2 Å². The molecule has 0 atom stereocenters. The number of amides is 1. The largest absolute Gasteiger partial charge is 0.460 e. The van der Waals surface area contributed by atoms with Crippen LogP contribution in [0.5, 0.6) is 0 Å². The fraction of sp³-hybridized carbons (Fsp3) is 0.576. The van der Waals surface area contributed by atoms with Crippen molar-refractivity contribution in [3.05, 3.63) is 71.8 Å². The summed E-state index contributed by atoms with van der Waals surface area (Å²) in [5.41, 5.74) is 1.46. The summed E-state index contributed by atoms with van der Waals surface area (Å²) in [6, 6.07) is 18.3. The maximum Gasteiger partial charge on any atom is 0.407 e. The topological polar surface area (TPSA) is 138 Å². The molecule has 13 heteroatoms. The van der Waals surface area contributed by atoms with Gasteiger partial charge in [-0.1, -0.05) is 48.5 Å². The molecule has 0 bridgehead atoms. The zero-order chi connectivity index (χ0) is 32.6. The molecule has 1 amide bonds. The maximum absolute atomic E-state index is 11.8. The minimum absolute atomic E-state index is 0.197. The molecule has 0 aromatic heterocycles. The van der Waals surface area contributed by atoms with Gasteiger partial charge in [0.15, 0.2) is 0 Å². The van der Waals surface area contributed by atoms with Crippen molar-refractivity contribution in [1.29, 1.82) is 0 Å². The van der Waals surface area contributed by atoms with E-state index in [1.54, 1.807) is 24.3 Å². The van der Waals surface area contributed by atoms with Gasteiger partial charge in [-0.05, 0) is 17.7 Å². The fourth-order valence-electron chi connectivity index (χ4n) is 3.49. The van der Waals surface area contributed by atoms with Gasteiger partial charge < -0.3 is 52.7 Å². The predicted molar refractivity (Wildman–Crippen MR) is 168 cm³/mol. The van der Waals surface area contributed by atoms with Crippen LogP contribution in [0.4, 0.5) is 4.79 Å². The first-order valence-corrected chi connectivity index (χ1v) is 15.5. The van der Waals surface area contributed by atoms with Gasteiger partial charge in [-0.3, -0.25) is 0 Å². The number of hydrogen-bond donors (Lipinski definition) is 1. The Kier molecular flexibility index (Phi) is 24.8. The van der Waals surface area contributed by atoms with Crippen LogP contribution < -0.4 is 5.32 Å². The number of carbonyl (C=O) groups is 2. The van der Waals surface area contributed by atoms with Crippen LogP contribution in [0.2, 0.25) is 0 Å². The summed E-state index contributed by atoms with van der Waals surface area (Å²) in [4.78, 5) is 23.4. The van der Waals surface area contributed by atoms with Crippen molar-refractivity contribution >= 4 is 12.1 Å². The molecule has 13 nitrogen and oxygen atoms in total. The Bertz CT molecular complexity index is 983. The van der Waals surface area contributed by atoms with Crippen LogP contribution >= 0.6 is 0 Å². The van der Waals surface area contributed by atoms with Gasteiger partial charge in [-0.25, -0.2) is 9.59 Å². The smallest absolute Gasteiger partial charge is 0.407 e. The highest BCUT2D eigenvalue weighted by molar-refractivity contribution is 5.89. The zero-order valence-electron chi connectivity index (χ0n) is 26.6. The van der Waals surface area contributed by atoms with E-state index >= 15 is 0 Å². The SMILES string of the molecule is O=C(NCCOCCOCCOCCOCCOCCOCCOCCOCCOC(=O)c1ccccc1)OCc1ccccc1. The van der Waals surface area contributed by atoms with E-state index in [1.165, 1.54) is 0 Å². The van der Waals surface area contributed by atoms with E-state index in [1.807, 2.05) is 36.4 Å². The molecular weight excluding hydrogens is 602 g/mol. The number of rotatable bonds is 30. The normalized spacial score (nSPS) is 11.0. The summed E-state index contributed by atoms with van der Waals surface area (Å²) in [6.07, 6.45) is -0.473. The van der Waals surface area contributed by atoms with Crippen LogP contribution in [0.25, 0.3) is 0 Å². The Morgan fingerprint density at radius 1 is 0.435 bits per heavy atom. The molecule has 2 aromatic carbocycles. The van der Waals surface area contributed by atoms with Gasteiger partial charge in [-0.2, -0.15) is 0 Å². The van der Waals surface area contributed by atoms with Crippen LogP contribution in [0.15, 0.2) is 60.7 Å². The minimum atomic E-state index is -0.473. The van der Waals surface area contributed by atoms with Gasteiger partial charge in [0, 0.05) is 6.54 Å². The van der Waals surface area contributed by atoms with E-state index in [0.717, 1.165) is 5.56 Å². The zero-order valence-corrected chi connectivity index (χ0v) is 26.6. The molecule has 0 aliphatic carbocycles. The van der Waals surface area contributed by atoms with Crippen molar-refractivity contribution < 1.29 is 57.0 Å². The molecule has 0 aliphatic rings. The van der Waals surface area contributed by atoms with Crippen molar-refractivity contribution in [2.24, 2.45) is 0 Å². The molecule has 2 rings (SSSR count). The average Bonchev–Trinajstić information content (AvgIpc) is 3.09. The van der Waals surface area contributed by atoms with Crippen LogP contribution in [0.1, 0.15) is 15.9 Å². The van der Waals surface area contributed by atoms with Crippen molar-refractivity contribution in [3.8, 4) is 0 Å². The Balaban J connectivity index is 1.17. The first kappa shape index (κ1) is 39.0. The summed E-state index contributed by atoms with van der Waals surface area (Å²) >= 11 is 0. The number of nitrogens with one attached hydrogen (secondary N) is 1. The number of hydrogen-bond acceptors (Lipinski definition) is 12. The summed E-state index contributed by atoms with van der Waals surface area (Å²) < 4.78 is 53.8. The molecule has 0 spiro atoms. The Labute approximate surface area is 271 Å². The van der Waals surface area contributed by atoms with E-state index in [9.17, 15) is 9.59 Å². The average molecular weight is 652 g/mol. The quantitative estimate of drug-likeness (QED) is 0.0982. The molecule has 258 valence electrons. The van der Waals surface area contributed by atoms with E-state index in [2.05, 4.69) is 5.32 Å². The second-order valence-corrected chi connectivity index (χ2v) is 9.39. The number of esters is 1. The maximum atomic E-state index is 11.8. The van der Waals surface area contributed by atoms with Gasteiger partial charge in [-0.15, -0.1) is 0 Å². The standard InChI is InChI=1S/C33H49NO12/c35-32(31-9-5-2-6-10-31)45-28-27-44-26-25-43-24-23-42-22-21-41-20-19-40-18-17-39-16-15-38-14-13-37-12-11-34-33(36)46-29-30-7-3-1-4-8-30/h1-10H,11-29H2,(H,34,36).